The summed E-state index contributed by atoms with van der Waals surface area (Å²) in [6.07, 6.45) is 1.57. The van der Waals surface area contributed by atoms with E-state index in [1.807, 2.05) is 6.92 Å². The standard InChI is InChI=1S/C10H13NO3/c1-3-14-8-5-4-6-11-9(8)7(2)10(12)13/h4-7H,3H2,1-2H3,(H,12,13). The monoisotopic (exact) mass is 195 g/mol. The molecule has 0 radical (unpaired) electrons. The van der Waals surface area contributed by atoms with Gasteiger partial charge in [-0.05, 0) is 26.0 Å². The van der Waals surface area contributed by atoms with Crippen LogP contribution < -0.4 is 4.74 Å². The quantitative estimate of drug-likeness (QED) is 0.793. The maximum absolute atomic E-state index is 10.8. The molecule has 0 saturated carbocycles. The summed E-state index contributed by atoms with van der Waals surface area (Å²) in [5, 5.41) is 8.83. The van der Waals surface area contributed by atoms with Crippen LogP contribution >= 0.6 is 0 Å². The van der Waals surface area contributed by atoms with Gasteiger partial charge in [-0.25, -0.2) is 0 Å². The molecule has 0 amide bonds. The van der Waals surface area contributed by atoms with Gasteiger partial charge in [-0.2, -0.15) is 0 Å². The number of aromatic nitrogens is 1. The van der Waals surface area contributed by atoms with E-state index in [1.165, 1.54) is 0 Å². The Kier molecular flexibility index (Phi) is 3.45. The molecular weight excluding hydrogens is 182 g/mol. The Labute approximate surface area is 82.5 Å². The second-order valence-electron chi connectivity index (χ2n) is 2.88. The summed E-state index contributed by atoms with van der Waals surface area (Å²) in [4.78, 5) is 14.8. The minimum Gasteiger partial charge on any atom is -0.492 e. The summed E-state index contributed by atoms with van der Waals surface area (Å²) in [5.74, 6) is -0.993. The second-order valence-corrected chi connectivity index (χ2v) is 2.88. The lowest BCUT2D eigenvalue weighted by atomic mass is 10.1. The molecule has 0 fully saturated rings. The maximum Gasteiger partial charge on any atom is 0.312 e. The van der Waals surface area contributed by atoms with E-state index in [0.29, 0.717) is 18.1 Å². The Morgan fingerprint density at radius 1 is 1.71 bits per heavy atom. The van der Waals surface area contributed by atoms with Gasteiger partial charge in [0.1, 0.15) is 5.75 Å². The fourth-order valence-electron chi connectivity index (χ4n) is 1.12. The highest BCUT2D eigenvalue weighted by atomic mass is 16.5. The lowest BCUT2D eigenvalue weighted by Gasteiger charge is -2.11. The van der Waals surface area contributed by atoms with Crippen LogP contribution in [0.2, 0.25) is 0 Å². The number of carbonyl (C=O) groups is 1. The molecular formula is C10H13NO3. The minimum atomic E-state index is -0.898. The Morgan fingerprint density at radius 3 is 3.00 bits per heavy atom. The highest BCUT2D eigenvalue weighted by molar-refractivity contribution is 5.75. The van der Waals surface area contributed by atoms with Gasteiger partial charge in [0.25, 0.3) is 0 Å². The SMILES string of the molecule is CCOc1cccnc1C(C)C(=O)O. The lowest BCUT2D eigenvalue weighted by molar-refractivity contribution is -0.138. The summed E-state index contributed by atoms with van der Waals surface area (Å²) in [5.41, 5.74) is 0.474. The predicted molar refractivity (Wildman–Crippen MR) is 51.5 cm³/mol. The zero-order chi connectivity index (χ0) is 10.6. The van der Waals surface area contributed by atoms with E-state index in [0.717, 1.165) is 0 Å². The van der Waals surface area contributed by atoms with Crippen molar-refractivity contribution >= 4 is 5.97 Å². The molecule has 1 heterocycles. The molecule has 1 rings (SSSR count). The van der Waals surface area contributed by atoms with Gasteiger partial charge in [-0.1, -0.05) is 0 Å². The molecule has 0 saturated heterocycles. The van der Waals surface area contributed by atoms with Gasteiger partial charge in [0, 0.05) is 6.20 Å². The summed E-state index contributed by atoms with van der Waals surface area (Å²) in [6, 6.07) is 3.45. The molecule has 0 aliphatic carbocycles. The lowest BCUT2D eigenvalue weighted by Crippen LogP contribution is -2.11. The Balaban J connectivity index is 3.00. The third-order valence-electron chi connectivity index (χ3n) is 1.88. The Hall–Kier alpha value is -1.58. The number of nitrogens with zero attached hydrogens (tertiary/aromatic N) is 1. The fraction of sp³-hybridized carbons (Fsp3) is 0.400. The van der Waals surface area contributed by atoms with Crippen LogP contribution in [0.1, 0.15) is 25.5 Å². The molecule has 1 N–H and O–H groups in total. The summed E-state index contributed by atoms with van der Waals surface area (Å²) in [6.45, 7) is 3.94. The first-order chi connectivity index (χ1) is 6.66. The fourth-order valence-corrected chi connectivity index (χ4v) is 1.12. The third-order valence-corrected chi connectivity index (χ3v) is 1.88. The maximum atomic E-state index is 10.8. The molecule has 76 valence electrons. The van der Waals surface area contributed by atoms with Crippen LogP contribution in [0.5, 0.6) is 5.75 Å². The number of carboxylic acid groups (broad SMARTS) is 1. The van der Waals surface area contributed by atoms with Crippen molar-refractivity contribution in [2.75, 3.05) is 6.61 Å². The first-order valence-electron chi connectivity index (χ1n) is 4.47. The number of carboxylic acids is 1. The largest absolute Gasteiger partial charge is 0.492 e. The molecule has 1 unspecified atom stereocenters. The number of aliphatic carboxylic acids is 1. The van der Waals surface area contributed by atoms with Crippen LogP contribution in [0.3, 0.4) is 0 Å². The Bertz CT molecular complexity index is 325. The van der Waals surface area contributed by atoms with Crippen LogP contribution in [-0.2, 0) is 4.79 Å². The smallest absolute Gasteiger partial charge is 0.312 e. The highest BCUT2D eigenvalue weighted by Gasteiger charge is 2.19. The third kappa shape index (κ3) is 2.22. The van der Waals surface area contributed by atoms with Gasteiger partial charge < -0.3 is 9.84 Å². The van der Waals surface area contributed by atoms with E-state index >= 15 is 0 Å². The number of rotatable bonds is 4. The van der Waals surface area contributed by atoms with Crippen molar-refractivity contribution in [3.05, 3.63) is 24.0 Å². The molecule has 14 heavy (non-hydrogen) atoms. The number of pyridine rings is 1. The molecule has 1 atom stereocenters. The number of ether oxygens (including phenoxy) is 1. The van der Waals surface area contributed by atoms with Gasteiger partial charge in [-0.15, -0.1) is 0 Å². The molecule has 0 aromatic carbocycles. The summed E-state index contributed by atoms with van der Waals surface area (Å²) >= 11 is 0. The predicted octanol–water partition coefficient (Wildman–Crippen LogP) is 1.67. The highest BCUT2D eigenvalue weighted by Crippen LogP contribution is 2.23. The summed E-state index contributed by atoms with van der Waals surface area (Å²) < 4.78 is 5.28. The van der Waals surface area contributed by atoms with Gasteiger partial charge in [-0.3, -0.25) is 9.78 Å². The molecule has 0 bridgehead atoms. The van der Waals surface area contributed by atoms with E-state index in [9.17, 15) is 4.79 Å². The molecule has 0 aliphatic heterocycles. The van der Waals surface area contributed by atoms with Gasteiger partial charge in [0.2, 0.25) is 0 Å². The van der Waals surface area contributed by atoms with Crippen molar-refractivity contribution in [3.63, 3.8) is 0 Å². The van der Waals surface area contributed by atoms with Crippen LogP contribution in [0.4, 0.5) is 0 Å². The number of hydrogen-bond donors (Lipinski definition) is 1. The van der Waals surface area contributed by atoms with Crippen LogP contribution in [0, 0.1) is 0 Å². The van der Waals surface area contributed by atoms with Crippen molar-refractivity contribution in [3.8, 4) is 5.75 Å². The average Bonchev–Trinajstić information content (AvgIpc) is 2.18. The first-order valence-corrected chi connectivity index (χ1v) is 4.47. The molecule has 1 aromatic rings. The van der Waals surface area contributed by atoms with Crippen LogP contribution in [0.15, 0.2) is 18.3 Å². The number of hydrogen-bond acceptors (Lipinski definition) is 3. The van der Waals surface area contributed by atoms with Gasteiger partial charge in [0.15, 0.2) is 0 Å². The zero-order valence-corrected chi connectivity index (χ0v) is 8.23. The molecule has 0 spiro atoms. The normalized spacial score (nSPS) is 12.1. The van der Waals surface area contributed by atoms with E-state index < -0.39 is 11.9 Å². The second kappa shape index (κ2) is 4.60. The zero-order valence-electron chi connectivity index (χ0n) is 8.23. The van der Waals surface area contributed by atoms with Crippen molar-refractivity contribution < 1.29 is 14.6 Å². The summed E-state index contributed by atoms with van der Waals surface area (Å²) in [7, 11) is 0. The van der Waals surface area contributed by atoms with E-state index in [1.54, 1.807) is 25.3 Å². The first kappa shape index (κ1) is 10.5. The van der Waals surface area contributed by atoms with Crippen LogP contribution in [-0.4, -0.2) is 22.7 Å². The van der Waals surface area contributed by atoms with Gasteiger partial charge in [0.05, 0.1) is 18.2 Å². The van der Waals surface area contributed by atoms with Crippen molar-refractivity contribution in [2.24, 2.45) is 0 Å². The topological polar surface area (TPSA) is 59.4 Å². The molecule has 1 aromatic heterocycles. The van der Waals surface area contributed by atoms with Crippen molar-refractivity contribution in [1.29, 1.82) is 0 Å². The van der Waals surface area contributed by atoms with E-state index in [2.05, 4.69) is 4.98 Å². The molecule has 0 aliphatic rings. The molecule has 4 heteroatoms. The van der Waals surface area contributed by atoms with Crippen LogP contribution in [0.25, 0.3) is 0 Å². The van der Waals surface area contributed by atoms with Crippen molar-refractivity contribution in [1.82, 2.24) is 4.98 Å². The Morgan fingerprint density at radius 2 is 2.43 bits per heavy atom. The van der Waals surface area contributed by atoms with Gasteiger partial charge >= 0.3 is 5.97 Å². The van der Waals surface area contributed by atoms with E-state index in [4.69, 9.17) is 9.84 Å². The van der Waals surface area contributed by atoms with Crippen molar-refractivity contribution in [2.45, 2.75) is 19.8 Å². The molecule has 4 nitrogen and oxygen atoms in total. The average molecular weight is 195 g/mol. The minimum absolute atomic E-state index is 0.474. The van der Waals surface area contributed by atoms with E-state index in [-0.39, 0.29) is 0 Å².